The molecule has 27 heavy (non-hydrogen) atoms. The fourth-order valence-electron chi connectivity index (χ4n) is 2.71. The van der Waals surface area contributed by atoms with Crippen molar-refractivity contribution in [2.45, 2.75) is 13.2 Å². The van der Waals surface area contributed by atoms with Gasteiger partial charge in [0, 0.05) is 11.9 Å². The Hall–Kier alpha value is -2.27. The number of anilines is 1. The molecule has 0 atom stereocenters. The lowest BCUT2D eigenvalue weighted by Crippen LogP contribution is -2.00. The van der Waals surface area contributed by atoms with Gasteiger partial charge in [0.1, 0.15) is 18.2 Å². The van der Waals surface area contributed by atoms with Crippen LogP contribution in [0.2, 0.25) is 10.0 Å². The van der Waals surface area contributed by atoms with Crippen LogP contribution in [0.5, 0.6) is 5.75 Å². The van der Waals surface area contributed by atoms with Gasteiger partial charge in [-0.05, 0) is 53.0 Å². The van der Waals surface area contributed by atoms with Crippen LogP contribution in [0.4, 0.5) is 5.82 Å². The van der Waals surface area contributed by atoms with Gasteiger partial charge < -0.3 is 10.1 Å². The molecule has 0 amide bonds. The van der Waals surface area contributed by atoms with Crippen molar-refractivity contribution in [2.24, 2.45) is 0 Å². The molecule has 0 unspecified atom stereocenters. The summed E-state index contributed by atoms with van der Waals surface area (Å²) in [6.45, 7) is 1.15. The normalized spacial score (nSPS) is 10.9. The van der Waals surface area contributed by atoms with Crippen molar-refractivity contribution in [1.82, 2.24) is 4.37 Å². The monoisotopic (exact) mass is 414 g/mol. The molecule has 136 valence electrons. The Labute approximate surface area is 171 Å². The molecule has 0 aliphatic carbocycles. The summed E-state index contributed by atoms with van der Waals surface area (Å²) < 4.78 is 11.6. The maximum absolute atomic E-state index is 6.09. The molecule has 0 spiro atoms. The van der Waals surface area contributed by atoms with E-state index in [4.69, 9.17) is 27.9 Å². The van der Waals surface area contributed by atoms with Crippen molar-refractivity contribution in [3.8, 4) is 5.75 Å². The summed E-state index contributed by atoms with van der Waals surface area (Å²) >= 11 is 13.5. The molecule has 3 aromatic carbocycles. The van der Waals surface area contributed by atoms with Gasteiger partial charge in [-0.25, -0.2) is 0 Å². The van der Waals surface area contributed by atoms with Crippen LogP contribution in [-0.2, 0) is 13.2 Å². The van der Waals surface area contributed by atoms with E-state index < -0.39 is 0 Å². The molecule has 0 bridgehead atoms. The quantitative estimate of drug-likeness (QED) is 0.376. The van der Waals surface area contributed by atoms with E-state index in [9.17, 15) is 0 Å². The highest BCUT2D eigenvalue weighted by molar-refractivity contribution is 7.13. The van der Waals surface area contributed by atoms with Gasteiger partial charge >= 0.3 is 0 Å². The minimum absolute atomic E-state index is 0.538. The topological polar surface area (TPSA) is 34.2 Å². The highest BCUT2D eigenvalue weighted by Gasteiger charge is 2.08. The van der Waals surface area contributed by atoms with Crippen LogP contribution in [0.15, 0.2) is 66.7 Å². The fraction of sp³-hybridized carbons (Fsp3) is 0.0952. The molecule has 1 aromatic heterocycles. The van der Waals surface area contributed by atoms with Crippen LogP contribution in [-0.4, -0.2) is 4.37 Å². The van der Waals surface area contributed by atoms with Crippen LogP contribution >= 0.6 is 34.7 Å². The number of nitrogens with zero attached hydrogens (tertiary/aromatic N) is 1. The number of ether oxygens (including phenoxy) is 1. The summed E-state index contributed by atoms with van der Waals surface area (Å²) in [5, 5.41) is 5.53. The zero-order chi connectivity index (χ0) is 18.6. The van der Waals surface area contributed by atoms with Crippen molar-refractivity contribution >= 4 is 50.6 Å². The average molecular weight is 415 g/mol. The third kappa shape index (κ3) is 4.35. The Bertz CT molecular complexity index is 1070. The van der Waals surface area contributed by atoms with Gasteiger partial charge in [-0.2, -0.15) is 4.37 Å². The molecule has 1 heterocycles. The summed E-state index contributed by atoms with van der Waals surface area (Å²) in [5.74, 6) is 1.66. The smallest absolute Gasteiger partial charge is 0.147 e. The van der Waals surface area contributed by atoms with E-state index in [0.717, 1.165) is 32.8 Å². The Morgan fingerprint density at radius 2 is 1.74 bits per heavy atom. The Kier molecular flexibility index (Phi) is 5.48. The maximum Gasteiger partial charge on any atom is 0.147 e. The van der Waals surface area contributed by atoms with E-state index in [1.54, 1.807) is 6.07 Å². The van der Waals surface area contributed by atoms with E-state index in [1.165, 1.54) is 11.5 Å². The summed E-state index contributed by atoms with van der Waals surface area (Å²) in [5.41, 5.74) is 2.18. The van der Waals surface area contributed by atoms with Gasteiger partial charge in [0.15, 0.2) is 0 Å². The highest BCUT2D eigenvalue weighted by Crippen LogP contribution is 2.31. The molecular formula is C21H16Cl2N2OS. The Morgan fingerprint density at radius 3 is 2.56 bits per heavy atom. The van der Waals surface area contributed by atoms with E-state index in [2.05, 4.69) is 21.8 Å². The SMILES string of the molecule is Clc1ccc(CNc2nsc3ccc(OCc4ccccc4)cc23)cc1Cl. The molecule has 4 aromatic rings. The number of nitrogens with one attached hydrogen (secondary N) is 1. The number of hydrogen-bond donors (Lipinski definition) is 1. The first kappa shape index (κ1) is 18.1. The van der Waals surface area contributed by atoms with Gasteiger partial charge in [-0.1, -0.05) is 59.6 Å². The van der Waals surface area contributed by atoms with Crippen LogP contribution in [0.3, 0.4) is 0 Å². The molecule has 3 nitrogen and oxygen atoms in total. The zero-order valence-electron chi connectivity index (χ0n) is 14.3. The van der Waals surface area contributed by atoms with Crippen LogP contribution in [0.1, 0.15) is 11.1 Å². The van der Waals surface area contributed by atoms with Crippen molar-refractivity contribution in [2.75, 3.05) is 5.32 Å². The lowest BCUT2D eigenvalue weighted by atomic mass is 10.2. The molecule has 0 aliphatic rings. The zero-order valence-corrected chi connectivity index (χ0v) is 16.6. The van der Waals surface area contributed by atoms with Crippen molar-refractivity contribution < 1.29 is 4.74 Å². The van der Waals surface area contributed by atoms with E-state index in [0.29, 0.717) is 23.2 Å². The van der Waals surface area contributed by atoms with Crippen molar-refractivity contribution in [3.05, 3.63) is 87.9 Å². The minimum atomic E-state index is 0.538. The lowest BCUT2D eigenvalue weighted by molar-refractivity contribution is 0.306. The van der Waals surface area contributed by atoms with Crippen molar-refractivity contribution in [3.63, 3.8) is 0 Å². The summed E-state index contributed by atoms with van der Waals surface area (Å²) in [4.78, 5) is 0. The molecule has 0 aliphatic heterocycles. The van der Waals surface area contributed by atoms with E-state index >= 15 is 0 Å². The molecule has 4 rings (SSSR count). The molecule has 6 heteroatoms. The van der Waals surface area contributed by atoms with Crippen molar-refractivity contribution in [1.29, 1.82) is 0 Å². The molecular weight excluding hydrogens is 399 g/mol. The largest absolute Gasteiger partial charge is 0.489 e. The second kappa shape index (κ2) is 8.17. The van der Waals surface area contributed by atoms with Crippen LogP contribution in [0.25, 0.3) is 10.1 Å². The molecule has 0 saturated heterocycles. The standard InChI is InChI=1S/C21H16Cl2N2OS/c22-18-8-6-15(10-19(18)23)12-24-21-17-11-16(7-9-20(17)27-25-21)26-13-14-4-2-1-3-5-14/h1-11H,12-13H2,(H,24,25). The highest BCUT2D eigenvalue weighted by atomic mass is 35.5. The van der Waals surface area contributed by atoms with Gasteiger partial charge in [-0.3, -0.25) is 0 Å². The summed E-state index contributed by atoms with van der Waals surface area (Å²) in [7, 11) is 0. The predicted octanol–water partition coefficient (Wildman–Crippen LogP) is 6.79. The first-order valence-electron chi connectivity index (χ1n) is 8.43. The Morgan fingerprint density at radius 1 is 0.889 bits per heavy atom. The molecule has 0 fully saturated rings. The molecule has 1 N–H and O–H groups in total. The van der Waals surface area contributed by atoms with Gasteiger partial charge in [-0.15, -0.1) is 0 Å². The summed E-state index contributed by atoms with van der Waals surface area (Å²) in [6, 6.07) is 21.8. The third-order valence-electron chi connectivity index (χ3n) is 4.13. The van der Waals surface area contributed by atoms with Gasteiger partial charge in [0.2, 0.25) is 0 Å². The van der Waals surface area contributed by atoms with E-state index in [1.807, 2.05) is 48.5 Å². The predicted molar refractivity (Wildman–Crippen MR) is 114 cm³/mol. The Balaban J connectivity index is 1.48. The second-order valence-electron chi connectivity index (χ2n) is 6.07. The lowest BCUT2D eigenvalue weighted by Gasteiger charge is -2.08. The van der Waals surface area contributed by atoms with Crippen LogP contribution in [0, 0.1) is 0 Å². The molecule has 0 radical (unpaired) electrons. The third-order valence-corrected chi connectivity index (χ3v) is 5.70. The number of rotatable bonds is 6. The second-order valence-corrected chi connectivity index (χ2v) is 7.68. The maximum atomic E-state index is 6.09. The summed E-state index contributed by atoms with van der Waals surface area (Å²) in [6.07, 6.45) is 0. The first-order valence-corrected chi connectivity index (χ1v) is 9.96. The number of halogens is 2. The average Bonchev–Trinajstić information content (AvgIpc) is 3.10. The first-order chi connectivity index (χ1) is 13.2. The number of benzene rings is 3. The van der Waals surface area contributed by atoms with Gasteiger partial charge in [0.05, 0.1) is 14.7 Å². The van der Waals surface area contributed by atoms with E-state index in [-0.39, 0.29) is 0 Å². The molecule has 0 saturated carbocycles. The minimum Gasteiger partial charge on any atom is -0.489 e. The number of fused-ring (bicyclic) bond motifs is 1. The fourth-order valence-corrected chi connectivity index (χ4v) is 3.77. The van der Waals surface area contributed by atoms with Crippen LogP contribution < -0.4 is 10.1 Å². The van der Waals surface area contributed by atoms with Gasteiger partial charge in [0.25, 0.3) is 0 Å². The number of aromatic nitrogens is 1. The number of hydrogen-bond acceptors (Lipinski definition) is 4.